The number of phenols is 1. The van der Waals surface area contributed by atoms with Crippen LogP contribution in [0.25, 0.3) is 0 Å². The van der Waals surface area contributed by atoms with Crippen LogP contribution in [-0.2, 0) is 6.18 Å². The van der Waals surface area contributed by atoms with Crippen LogP contribution in [0, 0.1) is 11.6 Å². The molecule has 0 saturated carbocycles. The molecule has 0 atom stereocenters. The van der Waals surface area contributed by atoms with E-state index in [4.69, 9.17) is 14.6 Å². The molecule has 0 aliphatic heterocycles. The van der Waals surface area contributed by atoms with Crippen LogP contribution in [0.3, 0.4) is 0 Å². The smallest absolute Gasteiger partial charge is 0.416 e. The maximum Gasteiger partial charge on any atom is 0.416 e. The summed E-state index contributed by atoms with van der Waals surface area (Å²) in [6.07, 6.45) is -3.47. The van der Waals surface area contributed by atoms with Crippen molar-refractivity contribution >= 4 is 11.6 Å². The fraction of sp³-hybridized carbons (Fsp3) is 0.111. The minimum absolute atomic E-state index is 0.0177. The van der Waals surface area contributed by atoms with E-state index in [0.717, 1.165) is 24.3 Å². The summed E-state index contributed by atoms with van der Waals surface area (Å²) < 4.78 is 81.1. The predicted molar refractivity (Wildman–Crippen MR) is 134 cm³/mol. The second kappa shape index (κ2) is 12.7. The van der Waals surface area contributed by atoms with E-state index in [1.807, 2.05) is 0 Å². The molecule has 40 heavy (non-hydrogen) atoms. The average Bonchev–Trinajstić information content (AvgIpc) is 2.91. The maximum atomic E-state index is 14.2. The van der Waals surface area contributed by atoms with Crippen LogP contribution in [0.2, 0.25) is 0 Å². The van der Waals surface area contributed by atoms with E-state index in [2.05, 4.69) is 15.0 Å². The zero-order chi connectivity index (χ0) is 29.4. The highest BCUT2D eigenvalue weighted by Gasteiger charge is 2.32. The molecule has 0 unspecified atom stereocenters. The van der Waals surface area contributed by atoms with Crippen molar-refractivity contribution in [2.24, 2.45) is 0 Å². The number of hydrogen-bond acceptors (Lipinski definition) is 6. The molecule has 1 aromatic heterocycles. The summed E-state index contributed by atoms with van der Waals surface area (Å²) in [5, 5.41) is 11.2. The topological polar surface area (TPSA) is 110 Å². The lowest BCUT2D eigenvalue weighted by Crippen LogP contribution is -2.17. The lowest BCUT2D eigenvalue weighted by atomic mass is 10.1. The number of alkyl halides is 3. The van der Waals surface area contributed by atoms with Gasteiger partial charge in [0.05, 0.1) is 25.3 Å². The molecule has 0 aliphatic rings. The molecule has 0 bridgehead atoms. The van der Waals surface area contributed by atoms with Crippen molar-refractivity contribution in [3.8, 4) is 28.7 Å². The SMILES string of the molecule is COc1cccc(F)c1O.COc1cccc(F)c1Oc1ccc(C(F)(F)F)cc1C(=O)Nc1cc[nH]c(=O)c1. The number of nitrogens with one attached hydrogen (secondary N) is 2. The number of anilines is 1. The first-order valence-electron chi connectivity index (χ1n) is 11.2. The second-order valence-electron chi connectivity index (χ2n) is 7.77. The Morgan fingerprint density at radius 2 is 1.52 bits per heavy atom. The Morgan fingerprint density at radius 1 is 0.875 bits per heavy atom. The van der Waals surface area contributed by atoms with E-state index in [-0.39, 0.29) is 22.9 Å². The second-order valence-corrected chi connectivity index (χ2v) is 7.77. The number of carbonyl (C=O) groups excluding carboxylic acids is 1. The highest BCUT2D eigenvalue weighted by atomic mass is 19.4. The third-order valence-electron chi connectivity index (χ3n) is 5.12. The van der Waals surface area contributed by atoms with Crippen LogP contribution < -0.4 is 25.1 Å². The predicted octanol–water partition coefficient (Wildman–Crippen LogP) is 6.13. The fourth-order valence-electron chi connectivity index (χ4n) is 3.21. The summed E-state index contributed by atoms with van der Waals surface area (Å²) in [6, 6.07) is 12.5. The molecule has 8 nitrogen and oxygen atoms in total. The maximum absolute atomic E-state index is 14.2. The van der Waals surface area contributed by atoms with E-state index in [1.54, 1.807) is 0 Å². The van der Waals surface area contributed by atoms with Crippen LogP contribution in [0.1, 0.15) is 15.9 Å². The quantitative estimate of drug-likeness (QED) is 0.243. The van der Waals surface area contributed by atoms with Crippen molar-refractivity contribution in [3.63, 3.8) is 0 Å². The Morgan fingerprint density at radius 3 is 2.12 bits per heavy atom. The highest BCUT2D eigenvalue weighted by Crippen LogP contribution is 2.38. The van der Waals surface area contributed by atoms with Gasteiger partial charge in [-0.25, -0.2) is 8.78 Å². The van der Waals surface area contributed by atoms with Gasteiger partial charge in [0.25, 0.3) is 5.91 Å². The van der Waals surface area contributed by atoms with E-state index in [1.165, 1.54) is 50.7 Å². The number of halogens is 5. The van der Waals surface area contributed by atoms with Gasteiger partial charge < -0.3 is 29.6 Å². The molecule has 210 valence electrons. The van der Waals surface area contributed by atoms with Gasteiger partial charge in [-0.2, -0.15) is 13.2 Å². The molecule has 4 aromatic rings. The number of carbonyl (C=O) groups is 1. The van der Waals surface area contributed by atoms with Crippen molar-refractivity contribution < 1.29 is 46.1 Å². The number of aromatic hydroxyl groups is 1. The average molecular weight is 564 g/mol. The third kappa shape index (κ3) is 7.28. The van der Waals surface area contributed by atoms with Crippen LogP contribution in [-0.4, -0.2) is 30.2 Å². The molecule has 0 spiro atoms. The number of pyridine rings is 1. The van der Waals surface area contributed by atoms with Gasteiger partial charge in [-0.1, -0.05) is 12.1 Å². The highest BCUT2D eigenvalue weighted by molar-refractivity contribution is 6.06. The minimum atomic E-state index is -4.73. The van der Waals surface area contributed by atoms with Gasteiger partial charge in [0.2, 0.25) is 11.3 Å². The summed E-state index contributed by atoms with van der Waals surface area (Å²) in [6.45, 7) is 0. The molecule has 1 amide bonds. The number of aromatic nitrogens is 1. The standard InChI is InChI=1S/C20H14F4N2O4.C7H7FO2/c1-29-16-4-2-3-14(21)18(16)30-15-6-5-11(20(22,23)24)9-13(15)19(28)26-12-7-8-25-17(27)10-12;1-10-6-4-2-3-5(8)7(6)9/h2-10H,1H3,(H2,25,26,27,28);2-4,9H,1H3. The fourth-order valence-corrected chi connectivity index (χ4v) is 3.21. The zero-order valence-corrected chi connectivity index (χ0v) is 20.8. The molecule has 1 heterocycles. The van der Waals surface area contributed by atoms with E-state index < -0.39 is 51.9 Å². The minimum Gasteiger partial charge on any atom is -0.502 e. The number of para-hydroxylation sites is 2. The summed E-state index contributed by atoms with van der Waals surface area (Å²) in [4.78, 5) is 26.4. The Hall–Kier alpha value is -5.07. The molecule has 0 radical (unpaired) electrons. The lowest BCUT2D eigenvalue weighted by molar-refractivity contribution is -0.137. The number of benzene rings is 3. The Balaban J connectivity index is 0.000000371. The van der Waals surface area contributed by atoms with Crippen LogP contribution in [0.15, 0.2) is 77.7 Å². The van der Waals surface area contributed by atoms with Gasteiger partial charge in [0.15, 0.2) is 28.9 Å². The van der Waals surface area contributed by atoms with Gasteiger partial charge in [-0.05, 0) is 48.5 Å². The van der Waals surface area contributed by atoms with E-state index in [9.17, 15) is 31.5 Å². The van der Waals surface area contributed by atoms with E-state index in [0.29, 0.717) is 12.1 Å². The molecule has 0 aliphatic carbocycles. The number of methoxy groups -OCH3 is 2. The van der Waals surface area contributed by atoms with Gasteiger partial charge in [0.1, 0.15) is 5.75 Å². The van der Waals surface area contributed by atoms with Crippen LogP contribution in [0.4, 0.5) is 27.6 Å². The molecule has 13 heteroatoms. The monoisotopic (exact) mass is 564 g/mol. The number of phenolic OH excluding ortho intramolecular Hbond substituents is 1. The normalized spacial score (nSPS) is 10.7. The van der Waals surface area contributed by atoms with Crippen molar-refractivity contribution in [2.75, 3.05) is 19.5 Å². The van der Waals surface area contributed by atoms with Crippen LogP contribution in [0.5, 0.6) is 28.7 Å². The molecule has 0 saturated heterocycles. The van der Waals surface area contributed by atoms with E-state index >= 15 is 0 Å². The number of hydrogen-bond donors (Lipinski definition) is 3. The van der Waals surface area contributed by atoms with Crippen molar-refractivity contribution in [1.29, 1.82) is 0 Å². The summed E-state index contributed by atoms with van der Waals surface area (Å²) in [5.74, 6) is -3.54. The molecule has 3 N–H and O–H groups in total. The van der Waals surface area contributed by atoms with Gasteiger partial charge >= 0.3 is 6.18 Å². The third-order valence-corrected chi connectivity index (χ3v) is 5.12. The summed E-state index contributed by atoms with van der Waals surface area (Å²) >= 11 is 0. The first-order valence-corrected chi connectivity index (χ1v) is 11.2. The Kier molecular flexibility index (Phi) is 9.33. The number of rotatable bonds is 6. The number of amides is 1. The zero-order valence-electron chi connectivity index (χ0n) is 20.8. The molecule has 3 aromatic carbocycles. The number of H-pyrrole nitrogens is 1. The number of aromatic amines is 1. The molecular weight excluding hydrogens is 543 g/mol. The molecule has 4 rings (SSSR count). The molecular formula is C27H21F5N2O6. The molecule has 0 fully saturated rings. The first kappa shape index (κ1) is 29.5. The van der Waals surface area contributed by atoms with Crippen molar-refractivity contribution in [3.05, 3.63) is 106 Å². The summed E-state index contributed by atoms with van der Waals surface area (Å²) in [5.41, 5.74) is -2.10. The summed E-state index contributed by atoms with van der Waals surface area (Å²) in [7, 11) is 2.63. The van der Waals surface area contributed by atoms with Crippen molar-refractivity contribution in [2.45, 2.75) is 6.18 Å². The largest absolute Gasteiger partial charge is 0.502 e. The van der Waals surface area contributed by atoms with Crippen LogP contribution >= 0.6 is 0 Å². The first-order chi connectivity index (χ1) is 18.9. The number of ether oxygens (including phenoxy) is 3. The Bertz CT molecular complexity index is 1560. The van der Waals surface area contributed by atoms with Gasteiger partial charge in [0, 0.05) is 18.0 Å². The van der Waals surface area contributed by atoms with Gasteiger partial charge in [-0.3, -0.25) is 9.59 Å². The van der Waals surface area contributed by atoms with Gasteiger partial charge in [-0.15, -0.1) is 0 Å². The lowest BCUT2D eigenvalue weighted by Gasteiger charge is -2.16. The Labute approximate surface area is 223 Å². The van der Waals surface area contributed by atoms with Crippen molar-refractivity contribution in [1.82, 2.24) is 4.98 Å².